The molecular weight excluding hydrogens is 167 g/mol. The molecule has 0 saturated carbocycles. The summed E-state index contributed by atoms with van der Waals surface area (Å²) in [5.41, 5.74) is 0. The van der Waals surface area contributed by atoms with Gasteiger partial charge in [0.15, 0.2) is 0 Å². The van der Waals surface area contributed by atoms with Crippen molar-refractivity contribution in [2.75, 3.05) is 5.75 Å². The first-order valence-corrected chi connectivity index (χ1v) is 2.98. The van der Waals surface area contributed by atoms with Crippen LogP contribution >= 0.6 is 12.0 Å². The molecule has 0 heterocycles. The van der Waals surface area contributed by atoms with Gasteiger partial charge in [0.25, 0.3) is 0 Å². The molecule has 0 aliphatic carbocycles. The Morgan fingerprint density at radius 1 is 1.67 bits per heavy atom. The molecule has 0 radical (unpaired) electrons. The zero-order valence-corrected chi connectivity index (χ0v) is 9.82. The molecule has 3 nitrogen and oxygen atoms in total. The molecule has 0 rings (SSSR count). The van der Waals surface area contributed by atoms with E-state index >= 15 is 0 Å². The molecule has 0 bridgehead atoms. The van der Waals surface area contributed by atoms with E-state index in [1.54, 1.807) is 0 Å². The summed E-state index contributed by atoms with van der Waals surface area (Å²) in [5, 5.41) is 0. The van der Waals surface area contributed by atoms with E-state index in [0.717, 1.165) is 5.75 Å². The van der Waals surface area contributed by atoms with Crippen LogP contribution in [0.25, 0.3) is 0 Å². The smallest absolute Gasteiger partial charge is 0.870 e. The molecule has 0 unspecified atom stereocenters. The fraction of sp³-hybridized carbons (Fsp3) is 0.750. The predicted octanol–water partition coefficient (Wildman–Crippen LogP) is -1.96. The van der Waals surface area contributed by atoms with Crippen LogP contribution in [0.1, 0.15) is 13.8 Å². The summed E-state index contributed by atoms with van der Waals surface area (Å²) >= 11 is 1.17. The molecule has 1 N–H and O–H groups in total. The maximum absolute atomic E-state index is 9.96. The zero-order chi connectivity index (χ0) is 5.70. The van der Waals surface area contributed by atoms with Gasteiger partial charge in [-0.3, -0.25) is 4.79 Å². The first-order valence-electron chi connectivity index (χ1n) is 2.07. The van der Waals surface area contributed by atoms with Crippen molar-refractivity contribution in [3.8, 4) is 0 Å². The molecule has 50 valence electrons. The Labute approximate surface area is 102 Å². The van der Waals surface area contributed by atoms with Gasteiger partial charge in [0.05, 0.1) is 12.0 Å². The van der Waals surface area contributed by atoms with Crippen molar-refractivity contribution in [1.29, 1.82) is 0 Å². The van der Waals surface area contributed by atoms with Crippen molar-refractivity contribution in [1.82, 2.24) is 0 Å². The third kappa shape index (κ3) is 17.7. The maximum atomic E-state index is 9.96. The predicted molar refractivity (Wildman–Crippen MR) is 31.8 cm³/mol. The number of hydrogen-bond acceptors (Lipinski definition) is 4. The number of hydrogen-bond donors (Lipinski definition) is 0. The average Bonchev–Trinajstić information content (AvgIpc) is 1.61. The molecule has 0 aliphatic rings. The van der Waals surface area contributed by atoms with E-state index in [4.69, 9.17) is 0 Å². The minimum atomic E-state index is -0.230. The standard InChI is InChI=1S/C4H8O2S.K.H2O/c1-3-7-6-4(2)5;;/h3H2,1-2H3;;1H2/q;+1;/p-1. The van der Waals surface area contributed by atoms with Crippen LogP contribution in [0.15, 0.2) is 0 Å². The Bertz CT molecular complexity index is 68.8. The molecule has 0 aromatic carbocycles. The molecule has 5 heteroatoms. The van der Waals surface area contributed by atoms with E-state index in [2.05, 4.69) is 4.18 Å². The second-order valence-corrected chi connectivity index (χ2v) is 1.96. The maximum Gasteiger partial charge on any atom is 1.00 e. The Hall–Kier alpha value is 1.42. The van der Waals surface area contributed by atoms with Gasteiger partial charge in [-0.1, -0.05) is 6.92 Å². The summed E-state index contributed by atoms with van der Waals surface area (Å²) in [4.78, 5) is 9.96. The normalized spacial score (nSPS) is 6.44. The minimum absolute atomic E-state index is 0. The van der Waals surface area contributed by atoms with Crippen LogP contribution in [0.4, 0.5) is 0 Å². The van der Waals surface area contributed by atoms with Crippen LogP contribution in [0.3, 0.4) is 0 Å². The summed E-state index contributed by atoms with van der Waals surface area (Å²) in [6, 6.07) is 0. The van der Waals surface area contributed by atoms with Crippen molar-refractivity contribution < 1.29 is 65.8 Å². The molecule has 0 spiro atoms. The zero-order valence-electron chi connectivity index (χ0n) is 5.88. The molecule has 0 amide bonds. The van der Waals surface area contributed by atoms with Crippen LogP contribution < -0.4 is 51.4 Å². The van der Waals surface area contributed by atoms with Crippen molar-refractivity contribution in [3.05, 3.63) is 0 Å². The Morgan fingerprint density at radius 2 is 2.11 bits per heavy atom. The van der Waals surface area contributed by atoms with Gasteiger partial charge in [0.2, 0.25) is 0 Å². The number of carbonyl (C=O) groups is 1. The van der Waals surface area contributed by atoms with E-state index in [-0.39, 0.29) is 62.8 Å². The average molecular weight is 176 g/mol. The van der Waals surface area contributed by atoms with Crippen LogP contribution in [0.2, 0.25) is 0 Å². The Balaban J connectivity index is -0.000000180. The number of carbonyl (C=O) groups excluding carboxylic acids is 1. The molecule has 0 aliphatic heterocycles. The quantitative estimate of drug-likeness (QED) is 0.362. The third-order valence-electron chi connectivity index (χ3n) is 0.294. The molecule has 9 heavy (non-hydrogen) atoms. The van der Waals surface area contributed by atoms with Gasteiger partial charge in [0.1, 0.15) is 0 Å². The topological polar surface area (TPSA) is 56.3 Å². The minimum Gasteiger partial charge on any atom is -0.870 e. The van der Waals surface area contributed by atoms with Crippen molar-refractivity contribution in [3.63, 3.8) is 0 Å². The fourth-order valence-corrected chi connectivity index (χ4v) is 0.426. The monoisotopic (exact) mass is 176 g/mol. The summed E-state index contributed by atoms with van der Waals surface area (Å²) < 4.78 is 4.47. The van der Waals surface area contributed by atoms with Gasteiger partial charge in [0, 0.05) is 12.7 Å². The van der Waals surface area contributed by atoms with Crippen LogP contribution in [0, 0.1) is 0 Å². The van der Waals surface area contributed by atoms with Crippen molar-refractivity contribution >= 4 is 18.0 Å². The SMILES string of the molecule is CCSOC(C)=O.[K+].[OH-]. The summed E-state index contributed by atoms with van der Waals surface area (Å²) in [5.74, 6) is 0.589. The van der Waals surface area contributed by atoms with Gasteiger partial charge >= 0.3 is 57.4 Å². The van der Waals surface area contributed by atoms with Crippen molar-refractivity contribution in [2.45, 2.75) is 13.8 Å². The van der Waals surface area contributed by atoms with Gasteiger partial charge in [-0.2, -0.15) is 0 Å². The van der Waals surface area contributed by atoms with Crippen LogP contribution in [-0.4, -0.2) is 17.2 Å². The van der Waals surface area contributed by atoms with Crippen LogP contribution in [-0.2, 0) is 8.98 Å². The van der Waals surface area contributed by atoms with Gasteiger partial charge in [-0.25, -0.2) is 0 Å². The summed E-state index contributed by atoms with van der Waals surface area (Å²) in [6.45, 7) is 3.32. The van der Waals surface area contributed by atoms with Crippen LogP contribution in [0.5, 0.6) is 0 Å². The first-order chi connectivity index (χ1) is 3.27. The molecule has 0 fully saturated rings. The fourth-order valence-electron chi connectivity index (χ4n) is 0.142. The van der Waals surface area contributed by atoms with E-state index in [1.807, 2.05) is 6.92 Å². The Kier molecular flexibility index (Phi) is 22.6. The Morgan fingerprint density at radius 3 is 2.22 bits per heavy atom. The molecular formula is C4H9KO3S. The molecule has 0 aromatic heterocycles. The molecule has 0 saturated heterocycles. The first kappa shape index (κ1) is 16.8. The van der Waals surface area contributed by atoms with Gasteiger partial charge < -0.3 is 9.66 Å². The van der Waals surface area contributed by atoms with E-state index < -0.39 is 0 Å². The van der Waals surface area contributed by atoms with E-state index in [1.165, 1.54) is 19.0 Å². The molecule has 0 aromatic rings. The third-order valence-corrected chi connectivity index (χ3v) is 0.882. The summed E-state index contributed by atoms with van der Waals surface area (Å²) in [6.07, 6.45) is 0. The van der Waals surface area contributed by atoms with Gasteiger partial charge in [-0.05, 0) is 0 Å². The van der Waals surface area contributed by atoms with Crippen molar-refractivity contribution in [2.24, 2.45) is 0 Å². The largest absolute Gasteiger partial charge is 1.00 e. The number of rotatable bonds is 2. The second kappa shape index (κ2) is 12.1. The van der Waals surface area contributed by atoms with E-state index in [0.29, 0.717) is 0 Å². The molecule has 0 atom stereocenters. The van der Waals surface area contributed by atoms with Gasteiger partial charge in [-0.15, -0.1) is 0 Å². The van der Waals surface area contributed by atoms with E-state index in [9.17, 15) is 4.79 Å². The second-order valence-electron chi connectivity index (χ2n) is 0.981. The summed E-state index contributed by atoms with van der Waals surface area (Å²) in [7, 11) is 0.